The van der Waals surface area contributed by atoms with Gasteiger partial charge in [-0.05, 0) is 37.5 Å². The molecule has 1 aromatic rings. The number of hydrogen-bond donors (Lipinski definition) is 1. The Bertz CT molecular complexity index is 382. The van der Waals surface area contributed by atoms with Crippen molar-refractivity contribution in [1.82, 2.24) is 5.32 Å². The smallest absolute Gasteiger partial charge is 0.251 e. The molecule has 0 aliphatic carbocycles. The molecule has 0 saturated heterocycles. The van der Waals surface area contributed by atoms with Gasteiger partial charge in [0.25, 0.3) is 5.91 Å². The molecule has 0 bridgehead atoms. The van der Waals surface area contributed by atoms with E-state index in [-0.39, 0.29) is 5.91 Å². The molecule has 0 saturated carbocycles. The van der Waals surface area contributed by atoms with Crippen molar-refractivity contribution in [1.29, 1.82) is 0 Å². The molecule has 1 aromatic carbocycles. The number of aryl methyl sites for hydroxylation is 1. The summed E-state index contributed by atoms with van der Waals surface area (Å²) in [7, 11) is 0. The van der Waals surface area contributed by atoms with Crippen LogP contribution >= 0.6 is 27.5 Å². The fraction of sp³-hybridized carbons (Fsp3) is 0.462. The van der Waals surface area contributed by atoms with E-state index in [9.17, 15) is 4.79 Å². The van der Waals surface area contributed by atoms with E-state index in [1.54, 1.807) is 0 Å². The molecule has 4 heteroatoms. The molecular formula is C13H17BrClNO. The predicted octanol–water partition coefficient (Wildman–Crippen LogP) is 3.90. The van der Waals surface area contributed by atoms with Gasteiger partial charge in [-0.2, -0.15) is 0 Å². The topological polar surface area (TPSA) is 29.1 Å². The second-order valence-electron chi connectivity index (χ2n) is 3.97. The van der Waals surface area contributed by atoms with Crippen LogP contribution in [0.3, 0.4) is 0 Å². The van der Waals surface area contributed by atoms with Gasteiger partial charge >= 0.3 is 0 Å². The number of rotatable bonds is 6. The molecule has 0 aliphatic rings. The number of halogens is 2. The summed E-state index contributed by atoms with van der Waals surface area (Å²) in [5.74, 6) is 0.676. The second-order valence-corrected chi connectivity index (χ2v) is 5.20. The Kier molecular flexibility index (Phi) is 6.60. The van der Waals surface area contributed by atoms with Gasteiger partial charge < -0.3 is 5.32 Å². The lowest BCUT2D eigenvalue weighted by Crippen LogP contribution is -2.24. The maximum atomic E-state index is 11.8. The van der Waals surface area contributed by atoms with Gasteiger partial charge in [-0.25, -0.2) is 0 Å². The maximum Gasteiger partial charge on any atom is 0.251 e. The van der Waals surface area contributed by atoms with Gasteiger partial charge in [0.1, 0.15) is 0 Å². The van der Waals surface area contributed by atoms with Crippen LogP contribution in [0.25, 0.3) is 0 Å². The second kappa shape index (κ2) is 7.72. The Labute approximate surface area is 116 Å². The van der Waals surface area contributed by atoms with Crippen LogP contribution in [-0.2, 0) is 0 Å². The van der Waals surface area contributed by atoms with E-state index in [1.807, 2.05) is 25.1 Å². The Hall–Kier alpha value is -0.540. The molecule has 0 spiro atoms. The number of carbonyl (C=O) groups excluding carboxylic acids is 1. The van der Waals surface area contributed by atoms with E-state index in [0.29, 0.717) is 18.0 Å². The minimum atomic E-state index is -0.0171. The van der Waals surface area contributed by atoms with Gasteiger partial charge in [0.2, 0.25) is 0 Å². The third kappa shape index (κ3) is 5.09. The number of hydrogen-bond acceptors (Lipinski definition) is 1. The van der Waals surface area contributed by atoms with Gasteiger partial charge in [0.05, 0.1) is 0 Å². The average molecular weight is 319 g/mol. The fourth-order valence-corrected chi connectivity index (χ4v) is 2.00. The number of carbonyl (C=O) groups is 1. The SMILES string of the molecule is Cc1ccc(C(=O)NCCCCCCl)cc1Br. The van der Waals surface area contributed by atoms with Crippen molar-refractivity contribution < 1.29 is 4.79 Å². The van der Waals surface area contributed by atoms with Crippen molar-refractivity contribution >= 4 is 33.4 Å². The Morgan fingerprint density at radius 1 is 1.35 bits per heavy atom. The van der Waals surface area contributed by atoms with Gasteiger partial charge in [-0.1, -0.05) is 28.4 Å². The molecule has 0 atom stereocenters. The highest BCUT2D eigenvalue weighted by atomic mass is 79.9. The molecule has 17 heavy (non-hydrogen) atoms. The molecule has 0 heterocycles. The molecule has 0 fully saturated rings. The summed E-state index contributed by atoms with van der Waals surface area (Å²) in [6.45, 7) is 2.71. The third-order valence-corrected chi connectivity index (χ3v) is 3.65. The van der Waals surface area contributed by atoms with Crippen LogP contribution in [0.15, 0.2) is 22.7 Å². The average Bonchev–Trinajstić information content (AvgIpc) is 2.32. The Balaban J connectivity index is 2.39. The van der Waals surface area contributed by atoms with Gasteiger partial charge in [0, 0.05) is 22.5 Å². The van der Waals surface area contributed by atoms with Crippen LogP contribution in [0, 0.1) is 6.92 Å². The molecule has 0 aliphatic heterocycles. The van der Waals surface area contributed by atoms with Crippen molar-refractivity contribution in [2.75, 3.05) is 12.4 Å². The molecule has 1 rings (SSSR count). The highest BCUT2D eigenvalue weighted by Crippen LogP contribution is 2.17. The first-order valence-corrected chi connectivity index (χ1v) is 7.08. The van der Waals surface area contributed by atoms with E-state index in [0.717, 1.165) is 29.3 Å². The quantitative estimate of drug-likeness (QED) is 0.625. The van der Waals surface area contributed by atoms with E-state index >= 15 is 0 Å². The van der Waals surface area contributed by atoms with E-state index in [4.69, 9.17) is 11.6 Å². The third-order valence-electron chi connectivity index (χ3n) is 2.53. The van der Waals surface area contributed by atoms with Crippen molar-refractivity contribution in [3.05, 3.63) is 33.8 Å². The summed E-state index contributed by atoms with van der Waals surface area (Å²) in [5, 5.41) is 2.90. The number of unbranched alkanes of at least 4 members (excludes halogenated alkanes) is 2. The normalized spacial score (nSPS) is 10.3. The molecule has 1 N–H and O–H groups in total. The molecule has 0 radical (unpaired) electrons. The first kappa shape index (κ1) is 14.5. The number of benzene rings is 1. The first-order chi connectivity index (χ1) is 8.15. The molecule has 0 unspecified atom stereocenters. The number of alkyl halides is 1. The molecular weight excluding hydrogens is 302 g/mol. The Morgan fingerprint density at radius 3 is 2.76 bits per heavy atom. The molecule has 0 aromatic heterocycles. The summed E-state index contributed by atoms with van der Waals surface area (Å²) in [6, 6.07) is 5.63. The van der Waals surface area contributed by atoms with E-state index in [2.05, 4.69) is 21.2 Å². The summed E-state index contributed by atoms with van der Waals surface area (Å²) < 4.78 is 0.965. The summed E-state index contributed by atoms with van der Waals surface area (Å²) in [5.41, 5.74) is 1.82. The summed E-state index contributed by atoms with van der Waals surface area (Å²) >= 11 is 9.00. The monoisotopic (exact) mass is 317 g/mol. The van der Waals surface area contributed by atoms with E-state index in [1.165, 1.54) is 0 Å². The molecule has 2 nitrogen and oxygen atoms in total. The maximum absolute atomic E-state index is 11.8. The zero-order chi connectivity index (χ0) is 12.7. The lowest BCUT2D eigenvalue weighted by molar-refractivity contribution is 0.0953. The Morgan fingerprint density at radius 2 is 2.12 bits per heavy atom. The van der Waals surface area contributed by atoms with Crippen molar-refractivity contribution in [3.63, 3.8) is 0 Å². The lowest BCUT2D eigenvalue weighted by atomic mass is 10.1. The van der Waals surface area contributed by atoms with Gasteiger partial charge in [-0.3, -0.25) is 4.79 Å². The van der Waals surface area contributed by atoms with Crippen LogP contribution < -0.4 is 5.32 Å². The van der Waals surface area contributed by atoms with Crippen LogP contribution in [-0.4, -0.2) is 18.3 Å². The van der Waals surface area contributed by atoms with Crippen molar-refractivity contribution in [2.24, 2.45) is 0 Å². The summed E-state index contributed by atoms with van der Waals surface area (Å²) in [6.07, 6.45) is 3.04. The first-order valence-electron chi connectivity index (χ1n) is 5.75. The van der Waals surface area contributed by atoms with Crippen LogP contribution in [0.1, 0.15) is 35.2 Å². The molecule has 94 valence electrons. The minimum Gasteiger partial charge on any atom is -0.352 e. The lowest BCUT2D eigenvalue weighted by Gasteiger charge is -2.06. The number of nitrogens with one attached hydrogen (secondary N) is 1. The summed E-state index contributed by atoms with van der Waals surface area (Å²) in [4.78, 5) is 11.8. The van der Waals surface area contributed by atoms with Crippen LogP contribution in [0.5, 0.6) is 0 Å². The van der Waals surface area contributed by atoms with Gasteiger partial charge in [-0.15, -0.1) is 11.6 Å². The number of amides is 1. The van der Waals surface area contributed by atoms with E-state index < -0.39 is 0 Å². The zero-order valence-corrected chi connectivity index (χ0v) is 12.3. The van der Waals surface area contributed by atoms with Crippen molar-refractivity contribution in [3.8, 4) is 0 Å². The largest absolute Gasteiger partial charge is 0.352 e. The van der Waals surface area contributed by atoms with Crippen molar-refractivity contribution in [2.45, 2.75) is 26.2 Å². The fourth-order valence-electron chi connectivity index (χ4n) is 1.43. The van der Waals surface area contributed by atoms with Crippen LogP contribution in [0.2, 0.25) is 0 Å². The molecule has 1 amide bonds. The highest BCUT2D eigenvalue weighted by molar-refractivity contribution is 9.10. The highest BCUT2D eigenvalue weighted by Gasteiger charge is 2.05. The standard InChI is InChI=1S/C13H17BrClNO/c1-10-5-6-11(9-12(10)14)13(17)16-8-4-2-3-7-15/h5-6,9H,2-4,7-8H2,1H3,(H,16,17). The van der Waals surface area contributed by atoms with Gasteiger partial charge in [0.15, 0.2) is 0 Å². The minimum absolute atomic E-state index is 0.0171. The van der Waals surface area contributed by atoms with Crippen LogP contribution in [0.4, 0.5) is 0 Å². The zero-order valence-electron chi connectivity index (χ0n) is 9.93. The predicted molar refractivity (Wildman–Crippen MR) is 75.8 cm³/mol.